The minimum absolute atomic E-state index is 0.237. The normalized spacial score (nSPS) is 22.5. The van der Waals surface area contributed by atoms with Crippen molar-refractivity contribution in [2.45, 2.75) is 19.3 Å². The number of ether oxygens (including phenoxy) is 1. The zero-order valence-corrected chi connectivity index (χ0v) is 13.5. The fraction of sp³-hybridized carbons (Fsp3) is 0.143. The zero-order valence-electron chi connectivity index (χ0n) is 13.5. The van der Waals surface area contributed by atoms with E-state index in [1.807, 2.05) is 61.5 Å². The Labute approximate surface area is 140 Å². The molecular formula is C21H16O3. The highest BCUT2D eigenvalue weighted by Gasteiger charge is 2.58. The van der Waals surface area contributed by atoms with Gasteiger partial charge in [-0.15, -0.1) is 0 Å². The summed E-state index contributed by atoms with van der Waals surface area (Å²) in [6, 6.07) is 17.2. The number of benzene rings is 2. The van der Waals surface area contributed by atoms with Crippen LogP contribution in [0.2, 0.25) is 0 Å². The lowest BCUT2D eigenvalue weighted by Crippen LogP contribution is -2.46. The van der Waals surface area contributed by atoms with E-state index in [1.165, 1.54) is 6.08 Å². The molecule has 1 aliphatic carbocycles. The maximum Gasteiger partial charge on any atom is 0.334 e. The SMILES string of the molecule is CC1=CC(=O)[C@]2(C(=O)O1)C(c1ccccc1)=C(C)c1ccccc12. The van der Waals surface area contributed by atoms with Gasteiger partial charge in [0.2, 0.25) is 0 Å². The van der Waals surface area contributed by atoms with Crippen LogP contribution >= 0.6 is 0 Å². The Morgan fingerprint density at radius 2 is 1.54 bits per heavy atom. The van der Waals surface area contributed by atoms with Crippen molar-refractivity contribution >= 4 is 22.9 Å². The van der Waals surface area contributed by atoms with E-state index in [9.17, 15) is 9.59 Å². The Hall–Kier alpha value is -2.94. The average molecular weight is 316 g/mol. The van der Waals surface area contributed by atoms with Crippen molar-refractivity contribution in [3.63, 3.8) is 0 Å². The van der Waals surface area contributed by atoms with Gasteiger partial charge in [0.15, 0.2) is 11.2 Å². The third kappa shape index (κ3) is 1.72. The zero-order chi connectivity index (χ0) is 16.9. The Morgan fingerprint density at radius 3 is 2.25 bits per heavy atom. The van der Waals surface area contributed by atoms with Crippen LogP contribution in [0.5, 0.6) is 0 Å². The molecule has 1 aliphatic heterocycles. The molecule has 3 heteroatoms. The molecule has 0 fully saturated rings. The quantitative estimate of drug-likeness (QED) is 0.592. The van der Waals surface area contributed by atoms with Crippen molar-refractivity contribution in [2.75, 3.05) is 0 Å². The number of cyclic esters (lactones) is 1. The number of carbonyl (C=O) groups is 2. The van der Waals surface area contributed by atoms with Crippen LogP contribution in [0.25, 0.3) is 11.1 Å². The highest BCUT2D eigenvalue weighted by molar-refractivity contribution is 6.31. The van der Waals surface area contributed by atoms with Gasteiger partial charge in [-0.2, -0.15) is 0 Å². The first kappa shape index (κ1) is 14.6. The Kier molecular flexibility index (Phi) is 3.07. The molecule has 0 unspecified atom stereocenters. The molecule has 0 saturated heterocycles. The second-order valence-electron chi connectivity index (χ2n) is 6.17. The Bertz CT molecular complexity index is 935. The van der Waals surface area contributed by atoms with Gasteiger partial charge in [0.1, 0.15) is 5.76 Å². The molecule has 4 rings (SSSR count). The summed E-state index contributed by atoms with van der Waals surface area (Å²) in [5.41, 5.74) is 2.76. The average Bonchev–Trinajstić information content (AvgIpc) is 2.84. The van der Waals surface area contributed by atoms with E-state index in [2.05, 4.69) is 0 Å². The minimum atomic E-state index is -1.40. The number of ketones is 1. The highest BCUT2D eigenvalue weighted by Crippen LogP contribution is 2.53. The summed E-state index contributed by atoms with van der Waals surface area (Å²) in [6.45, 7) is 3.59. The van der Waals surface area contributed by atoms with Crippen LogP contribution in [-0.4, -0.2) is 11.8 Å². The van der Waals surface area contributed by atoms with Gasteiger partial charge < -0.3 is 4.74 Å². The number of esters is 1. The summed E-state index contributed by atoms with van der Waals surface area (Å²) in [5, 5.41) is 0. The lowest BCUT2D eigenvalue weighted by atomic mass is 9.70. The van der Waals surface area contributed by atoms with Crippen LogP contribution in [-0.2, 0) is 19.7 Å². The van der Waals surface area contributed by atoms with E-state index in [0.29, 0.717) is 11.3 Å². The largest absolute Gasteiger partial charge is 0.430 e. The summed E-state index contributed by atoms with van der Waals surface area (Å²) in [6.07, 6.45) is 1.43. The smallest absolute Gasteiger partial charge is 0.334 e. The van der Waals surface area contributed by atoms with Crippen LogP contribution < -0.4 is 0 Å². The number of rotatable bonds is 1. The molecule has 118 valence electrons. The number of carbonyl (C=O) groups excluding carboxylic acids is 2. The molecule has 2 aliphatic rings. The lowest BCUT2D eigenvalue weighted by molar-refractivity contribution is -0.148. The summed E-state index contributed by atoms with van der Waals surface area (Å²) in [5.74, 6) is -0.417. The first-order valence-corrected chi connectivity index (χ1v) is 7.88. The number of hydrogen-bond acceptors (Lipinski definition) is 3. The fourth-order valence-corrected chi connectivity index (χ4v) is 3.84. The van der Waals surface area contributed by atoms with Gasteiger partial charge in [-0.1, -0.05) is 54.6 Å². The predicted octanol–water partition coefficient (Wildman–Crippen LogP) is 3.90. The van der Waals surface area contributed by atoms with Crippen molar-refractivity contribution in [2.24, 2.45) is 0 Å². The first-order chi connectivity index (χ1) is 11.6. The lowest BCUT2D eigenvalue weighted by Gasteiger charge is -2.32. The van der Waals surface area contributed by atoms with Gasteiger partial charge in [-0.05, 0) is 41.7 Å². The molecule has 0 saturated carbocycles. The van der Waals surface area contributed by atoms with Crippen LogP contribution in [0, 0.1) is 0 Å². The molecule has 0 radical (unpaired) electrons. The molecule has 0 amide bonds. The number of hydrogen-bond donors (Lipinski definition) is 0. The van der Waals surface area contributed by atoms with Crippen LogP contribution in [0.15, 0.2) is 66.4 Å². The molecule has 0 N–H and O–H groups in total. The Morgan fingerprint density at radius 1 is 0.875 bits per heavy atom. The maximum absolute atomic E-state index is 13.1. The molecule has 3 nitrogen and oxygen atoms in total. The van der Waals surface area contributed by atoms with E-state index in [0.717, 1.165) is 22.3 Å². The molecule has 24 heavy (non-hydrogen) atoms. The van der Waals surface area contributed by atoms with E-state index in [1.54, 1.807) is 6.92 Å². The summed E-state index contributed by atoms with van der Waals surface area (Å²) in [4.78, 5) is 26.1. The van der Waals surface area contributed by atoms with Gasteiger partial charge in [-0.3, -0.25) is 4.79 Å². The third-order valence-electron chi connectivity index (χ3n) is 4.81. The van der Waals surface area contributed by atoms with Gasteiger partial charge in [0.05, 0.1) is 0 Å². The molecule has 1 atom stereocenters. The summed E-state index contributed by atoms with van der Waals surface area (Å²) < 4.78 is 5.42. The van der Waals surface area contributed by atoms with Crippen molar-refractivity contribution in [1.82, 2.24) is 0 Å². The standard InChI is InChI=1S/C21H16O3/c1-13-12-18(22)21(20(23)24-13)17-11-7-6-10-16(17)14(2)19(21)15-8-4-3-5-9-15/h3-12H,1-2H3/t21-/m0/s1. The second-order valence-corrected chi connectivity index (χ2v) is 6.17. The summed E-state index contributed by atoms with van der Waals surface area (Å²) >= 11 is 0. The molecule has 0 bridgehead atoms. The molecule has 2 aromatic carbocycles. The molecular weight excluding hydrogens is 300 g/mol. The first-order valence-electron chi connectivity index (χ1n) is 7.88. The fourth-order valence-electron chi connectivity index (χ4n) is 3.84. The Balaban J connectivity index is 2.10. The molecule has 2 aromatic rings. The topological polar surface area (TPSA) is 43.4 Å². The van der Waals surface area contributed by atoms with Gasteiger partial charge in [0, 0.05) is 6.08 Å². The van der Waals surface area contributed by atoms with E-state index in [-0.39, 0.29) is 5.78 Å². The van der Waals surface area contributed by atoms with Crippen LogP contribution in [0.3, 0.4) is 0 Å². The third-order valence-corrected chi connectivity index (χ3v) is 4.81. The second kappa shape index (κ2) is 5.03. The van der Waals surface area contributed by atoms with Crippen molar-refractivity contribution in [3.8, 4) is 0 Å². The minimum Gasteiger partial charge on any atom is -0.430 e. The van der Waals surface area contributed by atoms with Gasteiger partial charge in [-0.25, -0.2) is 4.79 Å². The predicted molar refractivity (Wildman–Crippen MR) is 91.9 cm³/mol. The van der Waals surface area contributed by atoms with Crippen LogP contribution in [0.1, 0.15) is 30.5 Å². The van der Waals surface area contributed by atoms with E-state index >= 15 is 0 Å². The maximum atomic E-state index is 13.1. The monoisotopic (exact) mass is 316 g/mol. The van der Waals surface area contributed by atoms with Crippen molar-refractivity contribution in [3.05, 3.63) is 83.1 Å². The highest BCUT2D eigenvalue weighted by atomic mass is 16.5. The van der Waals surface area contributed by atoms with Gasteiger partial charge in [0.25, 0.3) is 0 Å². The summed E-state index contributed by atoms with van der Waals surface area (Å²) in [7, 11) is 0. The van der Waals surface area contributed by atoms with Gasteiger partial charge >= 0.3 is 5.97 Å². The molecule has 1 heterocycles. The number of fused-ring (bicyclic) bond motifs is 2. The van der Waals surface area contributed by atoms with E-state index < -0.39 is 11.4 Å². The molecule has 1 spiro atoms. The molecule has 0 aromatic heterocycles. The number of allylic oxidation sites excluding steroid dienone is 3. The van der Waals surface area contributed by atoms with Crippen molar-refractivity contribution in [1.29, 1.82) is 0 Å². The van der Waals surface area contributed by atoms with Crippen LogP contribution in [0.4, 0.5) is 0 Å². The van der Waals surface area contributed by atoms with Crippen molar-refractivity contribution < 1.29 is 14.3 Å². The van der Waals surface area contributed by atoms with E-state index in [4.69, 9.17) is 4.74 Å².